The van der Waals surface area contributed by atoms with Gasteiger partial charge < -0.3 is 15.1 Å². The zero-order valence-corrected chi connectivity index (χ0v) is 14.6. The Hall–Kier alpha value is -1.79. The molecule has 1 fully saturated rings. The molecule has 0 atom stereocenters. The predicted octanol–water partition coefficient (Wildman–Crippen LogP) is 3.75. The van der Waals surface area contributed by atoms with Crippen molar-refractivity contribution in [2.75, 3.05) is 5.32 Å². The lowest BCUT2D eigenvalue weighted by Crippen LogP contribution is -2.22. The summed E-state index contributed by atoms with van der Waals surface area (Å²) in [5.41, 5.74) is 2.28. The number of nitrogens with zero attached hydrogens (tertiary/aromatic N) is 2. The number of hydrogen-bond donors (Lipinski definition) is 3. The molecule has 2 heterocycles. The van der Waals surface area contributed by atoms with Crippen LogP contribution in [0.1, 0.15) is 18.4 Å². The van der Waals surface area contributed by atoms with E-state index < -0.39 is 12.9 Å². The highest BCUT2D eigenvalue weighted by molar-refractivity contribution is 7.54. The Bertz CT molecular complexity index is 960. The van der Waals surface area contributed by atoms with Gasteiger partial charge in [0.25, 0.3) is 0 Å². The van der Waals surface area contributed by atoms with Crippen LogP contribution in [0.15, 0.2) is 36.7 Å². The molecule has 0 radical (unpaired) electrons. The van der Waals surface area contributed by atoms with Gasteiger partial charge in [0.15, 0.2) is 0 Å². The van der Waals surface area contributed by atoms with E-state index in [0.717, 1.165) is 20.7 Å². The summed E-state index contributed by atoms with van der Waals surface area (Å²) in [6.07, 6.45) is 2.31. The van der Waals surface area contributed by atoms with Crippen LogP contribution in [0.3, 0.4) is 0 Å². The summed E-state index contributed by atoms with van der Waals surface area (Å²) >= 11 is 1.54. The van der Waals surface area contributed by atoms with Crippen molar-refractivity contribution in [2.24, 2.45) is 0 Å². The van der Waals surface area contributed by atoms with Crippen molar-refractivity contribution in [3.8, 4) is 10.4 Å². The van der Waals surface area contributed by atoms with Gasteiger partial charge in [0.2, 0.25) is 0 Å². The number of fused-ring (bicyclic) bond motifs is 1. The zero-order chi connectivity index (χ0) is 16.9. The van der Waals surface area contributed by atoms with Gasteiger partial charge in [-0.15, -0.1) is 11.3 Å². The minimum Gasteiger partial charge on any atom is -0.353 e. The van der Waals surface area contributed by atoms with Crippen molar-refractivity contribution in [1.29, 1.82) is 0 Å². The molecule has 124 valence electrons. The van der Waals surface area contributed by atoms with Crippen LogP contribution in [0.4, 0.5) is 5.82 Å². The van der Waals surface area contributed by atoms with Crippen molar-refractivity contribution < 1.29 is 14.4 Å². The molecular formula is C16H16N3O3PS. The van der Waals surface area contributed by atoms with Crippen LogP contribution >= 0.6 is 18.9 Å². The van der Waals surface area contributed by atoms with Crippen molar-refractivity contribution in [1.82, 2.24) is 9.97 Å². The zero-order valence-electron chi connectivity index (χ0n) is 12.9. The standard InChI is InChI=1S/C16H16N3O3PS/c1-10-2-4-11(5-3-10)13-8-12-14(17-9-18-15(12)24-13)19-16(6-7-16)23(20,21)22/h2-5,8-9H,6-7H2,1H3,(H,17,18,19)(H2,20,21,22). The maximum Gasteiger partial charge on any atom is 0.350 e. The normalized spacial score (nSPS) is 16.3. The van der Waals surface area contributed by atoms with Gasteiger partial charge in [-0.1, -0.05) is 29.8 Å². The molecule has 1 saturated carbocycles. The van der Waals surface area contributed by atoms with Gasteiger partial charge in [0.1, 0.15) is 22.3 Å². The van der Waals surface area contributed by atoms with Crippen molar-refractivity contribution in [3.63, 3.8) is 0 Å². The molecule has 2 aromatic heterocycles. The minimum atomic E-state index is -4.23. The Morgan fingerprint density at radius 1 is 1.21 bits per heavy atom. The van der Waals surface area contributed by atoms with Crippen LogP contribution < -0.4 is 5.32 Å². The molecule has 4 rings (SSSR count). The molecule has 6 nitrogen and oxygen atoms in total. The largest absolute Gasteiger partial charge is 0.353 e. The fourth-order valence-electron chi connectivity index (χ4n) is 2.64. The Morgan fingerprint density at radius 2 is 1.92 bits per heavy atom. The summed E-state index contributed by atoms with van der Waals surface area (Å²) in [5.74, 6) is 0.482. The molecular weight excluding hydrogens is 345 g/mol. The second-order valence-corrected chi connectivity index (χ2v) is 9.09. The fourth-order valence-corrected chi connectivity index (χ4v) is 4.59. The number of hydrogen-bond acceptors (Lipinski definition) is 5. The van der Waals surface area contributed by atoms with E-state index in [1.54, 1.807) is 0 Å². The van der Waals surface area contributed by atoms with Crippen LogP contribution in [0, 0.1) is 6.92 Å². The second-order valence-electron chi connectivity index (χ2n) is 6.12. The van der Waals surface area contributed by atoms with Crippen LogP contribution in [-0.4, -0.2) is 25.0 Å². The van der Waals surface area contributed by atoms with E-state index >= 15 is 0 Å². The topological polar surface area (TPSA) is 95.3 Å². The molecule has 3 N–H and O–H groups in total. The quantitative estimate of drug-likeness (QED) is 0.613. The lowest BCUT2D eigenvalue weighted by Gasteiger charge is -2.19. The molecule has 0 amide bonds. The van der Waals surface area contributed by atoms with Crippen LogP contribution in [0.2, 0.25) is 0 Å². The minimum absolute atomic E-state index is 0.442. The third kappa shape index (κ3) is 2.63. The first-order valence-electron chi connectivity index (χ1n) is 7.53. The number of nitrogens with one attached hydrogen (secondary N) is 1. The van der Waals surface area contributed by atoms with Gasteiger partial charge in [0.05, 0.1) is 5.39 Å². The summed E-state index contributed by atoms with van der Waals surface area (Å²) in [7, 11) is -4.23. The van der Waals surface area contributed by atoms with Gasteiger partial charge in [-0.05, 0) is 31.4 Å². The molecule has 0 bridgehead atoms. The molecule has 1 aliphatic carbocycles. The summed E-state index contributed by atoms with van der Waals surface area (Å²) in [4.78, 5) is 29.5. The molecule has 24 heavy (non-hydrogen) atoms. The van der Waals surface area contributed by atoms with Gasteiger partial charge in [-0.2, -0.15) is 0 Å². The van der Waals surface area contributed by atoms with Gasteiger partial charge in [0, 0.05) is 4.88 Å². The highest BCUT2D eigenvalue weighted by Gasteiger charge is 2.57. The Kier molecular flexibility index (Phi) is 3.51. The maximum absolute atomic E-state index is 11.7. The van der Waals surface area contributed by atoms with Crippen LogP contribution in [0.5, 0.6) is 0 Å². The number of anilines is 1. The van der Waals surface area contributed by atoms with Crippen molar-refractivity contribution >= 4 is 35.0 Å². The molecule has 1 aliphatic rings. The summed E-state index contributed by atoms with van der Waals surface area (Å²) in [5, 5.41) is 2.60. The Balaban J connectivity index is 1.75. The van der Waals surface area contributed by atoms with Gasteiger partial charge >= 0.3 is 7.60 Å². The molecule has 0 unspecified atom stereocenters. The Labute approximate surface area is 142 Å². The van der Waals surface area contributed by atoms with Crippen LogP contribution in [-0.2, 0) is 4.57 Å². The molecule has 0 aliphatic heterocycles. The first-order valence-corrected chi connectivity index (χ1v) is 9.96. The molecule has 0 saturated heterocycles. The number of aromatic nitrogens is 2. The number of aryl methyl sites for hydroxylation is 1. The van der Waals surface area contributed by atoms with E-state index in [9.17, 15) is 14.4 Å². The lowest BCUT2D eigenvalue weighted by atomic mass is 10.1. The summed E-state index contributed by atoms with van der Waals surface area (Å²) in [6.45, 7) is 2.04. The molecule has 8 heteroatoms. The predicted molar refractivity (Wildman–Crippen MR) is 95.2 cm³/mol. The average Bonchev–Trinajstić information content (AvgIpc) is 3.19. The van der Waals surface area contributed by atoms with Gasteiger partial charge in [-0.25, -0.2) is 9.97 Å². The van der Waals surface area contributed by atoms with E-state index in [1.165, 1.54) is 23.2 Å². The third-order valence-corrected chi connectivity index (χ3v) is 7.06. The highest BCUT2D eigenvalue weighted by atomic mass is 32.1. The monoisotopic (exact) mass is 361 g/mol. The fraction of sp³-hybridized carbons (Fsp3) is 0.250. The van der Waals surface area contributed by atoms with E-state index in [2.05, 4.69) is 39.6 Å². The third-order valence-electron chi connectivity index (χ3n) is 4.30. The molecule has 3 aromatic rings. The SMILES string of the molecule is Cc1ccc(-c2cc3c(NC4(P(=O)(O)O)CC4)ncnc3s2)cc1. The second kappa shape index (κ2) is 5.36. The maximum atomic E-state index is 11.7. The van der Waals surface area contributed by atoms with Gasteiger partial charge in [-0.3, -0.25) is 4.57 Å². The number of benzene rings is 1. The smallest absolute Gasteiger partial charge is 0.350 e. The number of rotatable bonds is 4. The highest BCUT2D eigenvalue weighted by Crippen LogP contribution is 2.64. The lowest BCUT2D eigenvalue weighted by molar-refractivity contribution is 0.359. The van der Waals surface area contributed by atoms with Crippen LogP contribution in [0.25, 0.3) is 20.7 Å². The molecule has 0 spiro atoms. The number of thiophene rings is 1. The van der Waals surface area contributed by atoms with Crippen molar-refractivity contribution in [2.45, 2.75) is 25.0 Å². The summed E-state index contributed by atoms with van der Waals surface area (Å²) in [6, 6.07) is 10.2. The van der Waals surface area contributed by atoms with E-state index in [-0.39, 0.29) is 0 Å². The summed E-state index contributed by atoms with van der Waals surface area (Å²) < 4.78 is 11.7. The van der Waals surface area contributed by atoms with E-state index in [4.69, 9.17) is 0 Å². The van der Waals surface area contributed by atoms with E-state index in [1.807, 2.05) is 13.0 Å². The first-order chi connectivity index (χ1) is 11.4. The van der Waals surface area contributed by atoms with E-state index in [0.29, 0.717) is 18.7 Å². The Morgan fingerprint density at radius 3 is 2.54 bits per heavy atom. The van der Waals surface area contributed by atoms with Crippen molar-refractivity contribution in [3.05, 3.63) is 42.2 Å². The average molecular weight is 361 g/mol. The molecule has 1 aromatic carbocycles. The first kappa shape index (κ1) is 15.7.